The Morgan fingerprint density at radius 2 is 1.83 bits per heavy atom. The van der Waals surface area contributed by atoms with Crippen LogP contribution >= 0.6 is 0 Å². The molecule has 1 saturated heterocycles. The van der Waals surface area contributed by atoms with Crippen molar-refractivity contribution < 1.29 is 17.9 Å². The summed E-state index contributed by atoms with van der Waals surface area (Å²) in [6.07, 6.45) is 0.305. The van der Waals surface area contributed by atoms with Gasteiger partial charge in [-0.1, -0.05) is 56.2 Å². The third-order valence-electron chi connectivity index (χ3n) is 5.75. The SMILES string of the molecule is CCCCCN1CC[C@H](c2ccccc2)[C@@H](COc2cccc(C(F)(F)F)c2)C1. The second kappa shape index (κ2) is 10.1. The van der Waals surface area contributed by atoms with Crippen molar-refractivity contribution in [2.75, 3.05) is 26.2 Å². The Labute approximate surface area is 171 Å². The van der Waals surface area contributed by atoms with Crippen LogP contribution in [0.2, 0.25) is 0 Å². The first-order valence-corrected chi connectivity index (χ1v) is 10.5. The number of hydrogen-bond donors (Lipinski definition) is 0. The van der Waals surface area contributed by atoms with Crippen molar-refractivity contribution in [3.05, 3.63) is 65.7 Å². The lowest BCUT2D eigenvalue weighted by Gasteiger charge is -2.39. The molecule has 0 aliphatic carbocycles. The zero-order valence-electron chi connectivity index (χ0n) is 17.0. The first kappa shape index (κ1) is 21.7. The van der Waals surface area contributed by atoms with Gasteiger partial charge in [0.15, 0.2) is 0 Å². The number of alkyl halides is 3. The van der Waals surface area contributed by atoms with E-state index in [-0.39, 0.29) is 11.7 Å². The van der Waals surface area contributed by atoms with Crippen LogP contribution in [0.4, 0.5) is 13.2 Å². The molecule has 1 aliphatic heterocycles. The highest BCUT2D eigenvalue weighted by Crippen LogP contribution is 2.35. The number of rotatable bonds is 8. The molecular weight excluding hydrogens is 375 g/mol. The van der Waals surface area contributed by atoms with Gasteiger partial charge in [0.1, 0.15) is 5.75 Å². The molecule has 0 N–H and O–H groups in total. The average Bonchev–Trinajstić information content (AvgIpc) is 2.73. The summed E-state index contributed by atoms with van der Waals surface area (Å²) in [6, 6.07) is 15.6. The summed E-state index contributed by atoms with van der Waals surface area (Å²) in [5.74, 6) is 0.904. The van der Waals surface area contributed by atoms with Crippen LogP contribution in [0.1, 0.15) is 49.7 Å². The van der Waals surface area contributed by atoms with Gasteiger partial charge in [-0.2, -0.15) is 13.2 Å². The number of nitrogens with zero attached hydrogens (tertiary/aromatic N) is 1. The van der Waals surface area contributed by atoms with Crippen molar-refractivity contribution in [2.24, 2.45) is 5.92 Å². The summed E-state index contributed by atoms with van der Waals surface area (Å²) in [5, 5.41) is 0. The molecule has 0 aromatic heterocycles. The van der Waals surface area contributed by atoms with Gasteiger partial charge in [0.25, 0.3) is 0 Å². The number of hydrogen-bond acceptors (Lipinski definition) is 2. The van der Waals surface area contributed by atoms with Gasteiger partial charge in [-0.3, -0.25) is 0 Å². The Bertz CT molecular complexity index is 747. The fourth-order valence-electron chi connectivity index (χ4n) is 4.17. The zero-order chi connectivity index (χ0) is 20.7. The largest absolute Gasteiger partial charge is 0.493 e. The van der Waals surface area contributed by atoms with E-state index in [1.165, 1.54) is 30.9 Å². The lowest BCUT2D eigenvalue weighted by Crippen LogP contribution is -2.42. The summed E-state index contributed by atoms with van der Waals surface area (Å²) in [6.45, 7) is 5.68. The predicted octanol–water partition coefficient (Wildman–Crippen LogP) is 6.38. The first-order chi connectivity index (χ1) is 14.0. The molecule has 0 radical (unpaired) electrons. The molecule has 29 heavy (non-hydrogen) atoms. The fourth-order valence-corrected chi connectivity index (χ4v) is 4.17. The van der Waals surface area contributed by atoms with Gasteiger partial charge < -0.3 is 9.64 Å². The van der Waals surface area contributed by atoms with E-state index in [2.05, 4.69) is 24.0 Å². The Morgan fingerprint density at radius 1 is 1.03 bits per heavy atom. The molecule has 1 aliphatic rings. The highest BCUT2D eigenvalue weighted by Gasteiger charge is 2.32. The molecule has 1 heterocycles. The summed E-state index contributed by atoms with van der Waals surface area (Å²) in [4.78, 5) is 2.48. The van der Waals surface area contributed by atoms with Gasteiger partial charge >= 0.3 is 6.18 Å². The van der Waals surface area contributed by atoms with Crippen LogP contribution in [0, 0.1) is 5.92 Å². The molecule has 158 valence electrons. The summed E-state index contributed by atoms with van der Waals surface area (Å²) in [5.41, 5.74) is 0.623. The van der Waals surface area contributed by atoms with E-state index < -0.39 is 11.7 Å². The number of ether oxygens (including phenoxy) is 1. The monoisotopic (exact) mass is 405 g/mol. The molecule has 0 bridgehead atoms. The molecule has 3 rings (SSSR count). The minimum atomic E-state index is -4.35. The lowest BCUT2D eigenvalue weighted by atomic mass is 9.81. The van der Waals surface area contributed by atoms with Crippen LogP contribution in [0.25, 0.3) is 0 Å². The topological polar surface area (TPSA) is 12.5 Å². The van der Waals surface area contributed by atoms with Crippen LogP contribution in [-0.4, -0.2) is 31.1 Å². The van der Waals surface area contributed by atoms with Crippen molar-refractivity contribution in [1.82, 2.24) is 4.90 Å². The highest BCUT2D eigenvalue weighted by atomic mass is 19.4. The molecule has 0 unspecified atom stereocenters. The summed E-state index contributed by atoms with van der Waals surface area (Å²) in [7, 11) is 0. The molecule has 2 aromatic carbocycles. The van der Waals surface area contributed by atoms with Crippen LogP contribution in [0.5, 0.6) is 5.75 Å². The standard InChI is InChI=1S/C24H30F3NO/c1-2-3-7-14-28-15-13-23(19-9-5-4-6-10-19)20(17-28)18-29-22-12-8-11-21(16-22)24(25,26)27/h4-6,8-12,16,20,23H,2-3,7,13-15,17-18H2,1H3/t20-,23-/m1/s1. The Balaban J connectivity index is 1.69. The predicted molar refractivity (Wildman–Crippen MR) is 110 cm³/mol. The number of unbranched alkanes of at least 4 members (excludes halogenated alkanes) is 2. The normalized spacial score (nSPS) is 20.6. The summed E-state index contributed by atoms with van der Waals surface area (Å²) < 4.78 is 44.8. The molecule has 2 atom stereocenters. The Morgan fingerprint density at radius 3 is 2.55 bits per heavy atom. The third kappa shape index (κ3) is 6.23. The number of piperidine rings is 1. The van der Waals surface area contributed by atoms with Gasteiger partial charge in [0.2, 0.25) is 0 Å². The molecule has 2 aromatic rings. The maximum Gasteiger partial charge on any atom is 0.416 e. The van der Waals surface area contributed by atoms with Crippen LogP contribution < -0.4 is 4.74 Å². The molecule has 1 fully saturated rings. The summed E-state index contributed by atoms with van der Waals surface area (Å²) >= 11 is 0. The highest BCUT2D eigenvalue weighted by molar-refractivity contribution is 5.30. The van der Waals surface area contributed by atoms with Crippen molar-refractivity contribution in [3.8, 4) is 5.75 Å². The fraction of sp³-hybridized carbons (Fsp3) is 0.500. The molecule has 0 saturated carbocycles. The van der Waals surface area contributed by atoms with E-state index in [0.717, 1.165) is 38.2 Å². The van der Waals surface area contributed by atoms with Crippen molar-refractivity contribution in [1.29, 1.82) is 0 Å². The van der Waals surface area contributed by atoms with E-state index in [9.17, 15) is 13.2 Å². The maximum absolute atomic E-state index is 13.0. The Kier molecular flexibility index (Phi) is 7.59. The van der Waals surface area contributed by atoms with Gasteiger partial charge in [0, 0.05) is 12.5 Å². The minimum Gasteiger partial charge on any atom is -0.493 e. The first-order valence-electron chi connectivity index (χ1n) is 10.5. The van der Waals surface area contributed by atoms with E-state index >= 15 is 0 Å². The van der Waals surface area contributed by atoms with E-state index in [4.69, 9.17) is 4.74 Å². The van der Waals surface area contributed by atoms with Crippen molar-refractivity contribution >= 4 is 0 Å². The third-order valence-corrected chi connectivity index (χ3v) is 5.75. The molecule has 5 heteroatoms. The number of halogens is 3. The molecule has 0 amide bonds. The molecule has 2 nitrogen and oxygen atoms in total. The van der Waals surface area contributed by atoms with Crippen molar-refractivity contribution in [2.45, 2.75) is 44.7 Å². The van der Waals surface area contributed by atoms with Crippen LogP contribution in [0.3, 0.4) is 0 Å². The molecular formula is C24H30F3NO. The van der Waals surface area contributed by atoms with E-state index in [1.807, 2.05) is 18.2 Å². The average molecular weight is 406 g/mol. The van der Waals surface area contributed by atoms with Gasteiger partial charge in [-0.25, -0.2) is 0 Å². The maximum atomic E-state index is 13.0. The second-order valence-electron chi connectivity index (χ2n) is 7.91. The van der Waals surface area contributed by atoms with Gasteiger partial charge in [0.05, 0.1) is 12.2 Å². The van der Waals surface area contributed by atoms with Gasteiger partial charge in [-0.05, 0) is 55.6 Å². The van der Waals surface area contributed by atoms with E-state index in [1.54, 1.807) is 6.07 Å². The quantitative estimate of drug-likeness (QED) is 0.473. The molecule has 0 spiro atoms. The smallest absolute Gasteiger partial charge is 0.416 e. The van der Waals surface area contributed by atoms with Crippen LogP contribution in [-0.2, 0) is 6.18 Å². The number of likely N-dealkylation sites (tertiary alicyclic amines) is 1. The van der Waals surface area contributed by atoms with E-state index in [0.29, 0.717) is 12.5 Å². The Hall–Kier alpha value is -2.01. The van der Waals surface area contributed by atoms with Crippen molar-refractivity contribution in [3.63, 3.8) is 0 Å². The van der Waals surface area contributed by atoms with Gasteiger partial charge in [-0.15, -0.1) is 0 Å². The minimum absolute atomic E-state index is 0.252. The second-order valence-corrected chi connectivity index (χ2v) is 7.91. The number of benzene rings is 2. The lowest BCUT2D eigenvalue weighted by molar-refractivity contribution is -0.137. The zero-order valence-corrected chi connectivity index (χ0v) is 17.0. The van der Waals surface area contributed by atoms with Crippen LogP contribution in [0.15, 0.2) is 54.6 Å².